The van der Waals surface area contributed by atoms with Crippen LogP contribution in [0.2, 0.25) is 5.02 Å². The molecule has 0 radical (unpaired) electrons. The van der Waals surface area contributed by atoms with Crippen LogP contribution in [-0.4, -0.2) is 16.0 Å². The molecule has 0 fully saturated rings. The second-order valence-electron chi connectivity index (χ2n) is 5.19. The molecule has 2 aromatic carbocycles. The Balaban J connectivity index is 1.68. The Morgan fingerprint density at radius 3 is 2.65 bits per heavy atom. The summed E-state index contributed by atoms with van der Waals surface area (Å²) in [6.45, 7) is -0.194. The summed E-state index contributed by atoms with van der Waals surface area (Å²) in [6, 6.07) is 10.8. The molecule has 0 atom stereocenters. The molecule has 0 spiro atoms. The third-order valence-corrected chi connectivity index (χ3v) is 3.74. The standard InChI is InChI=1S/C17H10ClFN2O5/c18-14-6-3-11(7-15(14)21(23)24)17(22)25-9-13-8-16(26-20-13)10-1-4-12(19)5-2-10/h1-8H,9H2. The maximum absolute atomic E-state index is 12.9. The molecule has 7 nitrogen and oxygen atoms in total. The zero-order valence-electron chi connectivity index (χ0n) is 13.0. The summed E-state index contributed by atoms with van der Waals surface area (Å²) in [5.74, 6) is -0.756. The zero-order chi connectivity index (χ0) is 18.7. The predicted octanol–water partition coefficient (Wildman–Crippen LogP) is 4.40. The number of carbonyl (C=O) groups excluding carboxylic acids is 1. The number of halogens is 2. The van der Waals surface area contributed by atoms with Gasteiger partial charge in [-0.3, -0.25) is 10.1 Å². The average Bonchev–Trinajstić information content (AvgIpc) is 3.09. The van der Waals surface area contributed by atoms with Gasteiger partial charge in [-0.15, -0.1) is 0 Å². The van der Waals surface area contributed by atoms with E-state index in [1.54, 1.807) is 6.07 Å². The van der Waals surface area contributed by atoms with Gasteiger partial charge in [0.2, 0.25) is 0 Å². The summed E-state index contributed by atoms with van der Waals surface area (Å²) in [4.78, 5) is 22.2. The van der Waals surface area contributed by atoms with Crippen LogP contribution in [0.3, 0.4) is 0 Å². The lowest BCUT2D eigenvalue weighted by Gasteiger charge is -2.03. The van der Waals surface area contributed by atoms with Gasteiger partial charge in [-0.2, -0.15) is 0 Å². The van der Waals surface area contributed by atoms with E-state index < -0.39 is 10.9 Å². The molecule has 3 aromatic rings. The summed E-state index contributed by atoms with van der Waals surface area (Å²) in [7, 11) is 0. The van der Waals surface area contributed by atoms with E-state index in [4.69, 9.17) is 20.9 Å². The number of hydrogen-bond acceptors (Lipinski definition) is 6. The molecule has 0 bridgehead atoms. The van der Waals surface area contributed by atoms with Gasteiger partial charge in [-0.25, -0.2) is 9.18 Å². The van der Waals surface area contributed by atoms with Crippen LogP contribution < -0.4 is 0 Å². The molecule has 0 N–H and O–H groups in total. The van der Waals surface area contributed by atoms with Gasteiger partial charge in [-0.05, 0) is 36.4 Å². The second kappa shape index (κ2) is 7.32. The van der Waals surface area contributed by atoms with Crippen molar-refractivity contribution in [1.82, 2.24) is 5.16 Å². The minimum absolute atomic E-state index is 0.0108. The minimum atomic E-state index is -0.768. The van der Waals surface area contributed by atoms with Crippen molar-refractivity contribution < 1.29 is 23.4 Å². The molecule has 0 aliphatic heterocycles. The monoisotopic (exact) mass is 376 g/mol. The van der Waals surface area contributed by atoms with Crippen molar-refractivity contribution in [3.63, 3.8) is 0 Å². The highest BCUT2D eigenvalue weighted by Crippen LogP contribution is 2.26. The number of hydrogen-bond donors (Lipinski definition) is 0. The lowest BCUT2D eigenvalue weighted by Crippen LogP contribution is -2.06. The number of rotatable bonds is 5. The first-order chi connectivity index (χ1) is 12.4. The van der Waals surface area contributed by atoms with Crippen molar-refractivity contribution in [3.8, 4) is 11.3 Å². The Morgan fingerprint density at radius 1 is 1.23 bits per heavy atom. The average molecular weight is 377 g/mol. The highest BCUT2D eigenvalue weighted by Gasteiger charge is 2.18. The van der Waals surface area contributed by atoms with Crippen LogP contribution in [0.1, 0.15) is 16.1 Å². The minimum Gasteiger partial charge on any atom is -0.455 e. The quantitative estimate of drug-likeness (QED) is 0.372. The summed E-state index contributed by atoms with van der Waals surface area (Å²) in [5.41, 5.74) is 0.551. The largest absolute Gasteiger partial charge is 0.455 e. The first-order valence-corrected chi connectivity index (χ1v) is 7.64. The van der Waals surface area contributed by atoms with Crippen LogP contribution in [0.4, 0.5) is 10.1 Å². The number of carbonyl (C=O) groups is 1. The van der Waals surface area contributed by atoms with Gasteiger partial charge >= 0.3 is 5.97 Å². The normalized spacial score (nSPS) is 10.5. The number of nitro groups is 1. The topological polar surface area (TPSA) is 95.5 Å². The molecule has 0 aliphatic rings. The molecule has 1 aromatic heterocycles. The number of nitrogens with zero attached hydrogens (tertiary/aromatic N) is 2. The van der Waals surface area contributed by atoms with Crippen LogP contribution in [0, 0.1) is 15.9 Å². The maximum atomic E-state index is 12.9. The Morgan fingerprint density at radius 2 is 1.96 bits per heavy atom. The van der Waals surface area contributed by atoms with E-state index in [1.165, 1.54) is 36.4 Å². The fraction of sp³-hybridized carbons (Fsp3) is 0.0588. The first kappa shape index (κ1) is 17.6. The van der Waals surface area contributed by atoms with Crippen LogP contribution in [-0.2, 0) is 11.3 Å². The van der Waals surface area contributed by atoms with Gasteiger partial charge in [-0.1, -0.05) is 16.8 Å². The number of aromatic nitrogens is 1. The summed E-state index contributed by atoms with van der Waals surface area (Å²) in [6.07, 6.45) is 0. The van der Waals surface area contributed by atoms with Crippen molar-refractivity contribution in [2.75, 3.05) is 0 Å². The maximum Gasteiger partial charge on any atom is 0.338 e. The SMILES string of the molecule is O=C(OCc1cc(-c2ccc(F)cc2)on1)c1ccc(Cl)c([N+](=O)[O-])c1. The van der Waals surface area contributed by atoms with Gasteiger partial charge in [0.15, 0.2) is 5.76 Å². The van der Waals surface area contributed by atoms with Gasteiger partial charge in [0, 0.05) is 17.7 Å². The highest BCUT2D eigenvalue weighted by atomic mass is 35.5. The molecule has 9 heteroatoms. The molecule has 1 heterocycles. The Hall–Kier alpha value is -3.26. The molecule has 3 rings (SSSR count). The van der Waals surface area contributed by atoms with Gasteiger partial charge < -0.3 is 9.26 Å². The molecular formula is C17H10ClFN2O5. The summed E-state index contributed by atoms with van der Waals surface area (Å²) >= 11 is 5.70. The lowest BCUT2D eigenvalue weighted by atomic mass is 10.1. The fourth-order valence-corrected chi connectivity index (χ4v) is 2.32. The van der Waals surface area contributed by atoms with E-state index in [-0.39, 0.29) is 28.7 Å². The van der Waals surface area contributed by atoms with Gasteiger partial charge in [0.05, 0.1) is 10.5 Å². The van der Waals surface area contributed by atoms with E-state index in [0.29, 0.717) is 17.0 Å². The van der Waals surface area contributed by atoms with Crippen LogP contribution >= 0.6 is 11.6 Å². The molecule has 0 aliphatic carbocycles. The van der Waals surface area contributed by atoms with Crippen LogP contribution in [0.15, 0.2) is 53.1 Å². The predicted molar refractivity (Wildman–Crippen MR) is 89.1 cm³/mol. The van der Waals surface area contributed by atoms with Crippen molar-refractivity contribution in [1.29, 1.82) is 0 Å². The third kappa shape index (κ3) is 3.86. The number of esters is 1. The highest BCUT2D eigenvalue weighted by molar-refractivity contribution is 6.32. The van der Waals surface area contributed by atoms with Gasteiger partial charge in [0.1, 0.15) is 23.1 Å². The zero-order valence-corrected chi connectivity index (χ0v) is 13.8. The van der Waals surface area contributed by atoms with Crippen molar-refractivity contribution in [2.24, 2.45) is 0 Å². The number of nitro benzene ring substituents is 1. The van der Waals surface area contributed by atoms with Crippen LogP contribution in [0.5, 0.6) is 0 Å². The van der Waals surface area contributed by atoms with Crippen molar-refractivity contribution >= 4 is 23.3 Å². The molecule has 26 heavy (non-hydrogen) atoms. The molecule has 132 valence electrons. The van der Waals surface area contributed by atoms with Crippen molar-refractivity contribution in [3.05, 3.63) is 80.7 Å². The molecular weight excluding hydrogens is 367 g/mol. The Labute approximate surface area is 151 Å². The van der Waals surface area contributed by atoms with Crippen LogP contribution in [0.25, 0.3) is 11.3 Å². The van der Waals surface area contributed by atoms with Crippen molar-refractivity contribution in [2.45, 2.75) is 6.61 Å². The lowest BCUT2D eigenvalue weighted by molar-refractivity contribution is -0.384. The fourth-order valence-electron chi connectivity index (χ4n) is 2.13. The third-order valence-electron chi connectivity index (χ3n) is 3.42. The van der Waals surface area contributed by atoms with E-state index in [1.807, 2.05) is 0 Å². The molecule has 0 unspecified atom stereocenters. The van der Waals surface area contributed by atoms with Gasteiger partial charge in [0.25, 0.3) is 5.69 Å². The molecule has 0 saturated heterocycles. The summed E-state index contributed by atoms with van der Waals surface area (Å²) < 4.78 is 23.1. The molecule has 0 amide bonds. The number of benzene rings is 2. The first-order valence-electron chi connectivity index (χ1n) is 7.26. The Kier molecular flexibility index (Phi) is 4.94. The smallest absolute Gasteiger partial charge is 0.338 e. The van der Waals surface area contributed by atoms with E-state index >= 15 is 0 Å². The second-order valence-corrected chi connectivity index (χ2v) is 5.60. The van der Waals surface area contributed by atoms with E-state index in [9.17, 15) is 19.3 Å². The Bertz CT molecular complexity index is 972. The van der Waals surface area contributed by atoms with E-state index in [2.05, 4.69) is 5.16 Å². The number of ether oxygens (including phenoxy) is 1. The van der Waals surface area contributed by atoms with E-state index in [0.717, 1.165) is 6.07 Å². The summed E-state index contributed by atoms with van der Waals surface area (Å²) in [5, 5.41) is 14.5. The molecule has 0 saturated carbocycles.